The standard InChI is InChI=1S/C15H31O5P/c1-7-9(2)8-19-21(17,18)20-15-13(6)11(4)10(3)12(5)14(15)16/h9-16H,7-8H2,1-6H3,(H,17,18). The first-order valence-electron chi connectivity index (χ1n) is 7.94. The van der Waals surface area contributed by atoms with E-state index in [0.717, 1.165) is 6.42 Å². The molecule has 0 heterocycles. The van der Waals surface area contributed by atoms with Crippen LogP contribution in [-0.2, 0) is 13.6 Å². The van der Waals surface area contributed by atoms with Gasteiger partial charge in [-0.2, -0.15) is 0 Å². The lowest BCUT2D eigenvalue weighted by Gasteiger charge is -2.45. The first kappa shape index (κ1) is 19.1. The van der Waals surface area contributed by atoms with E-state index >= 15 is 0 Å². The summed E-state index contributed by atoms with van der Waals surface area (Å²) in [4.78, 5) is 9.89. The summed E-state index contributed by atoms with van der Waals surface area (Å²) in [5.41, 5.74) is 0. The summed E-state index contributed by atoms with van der Waals surface area (Å²) in [6.45, 7) is 12.2. The summed E-state index contributed by atoms with van der Waals surface area (Å²) in [6.07, 6.45) is -0.550. The number of hydrogen-bond acceptors (Lipinski definition) is 4. The highest BCUT2D eigenvalue weighted by Crippen LogP contribution is 2.50. The molecule has 8 unspecified atom stereocenters. The van der Waals surface area contributed by atoms with Gasteiger partial charge in [-0.15, -0.1) is 0 Å². The van der Waals surface area contributed by atoms with E-state index in [1.807, 2.05) is 27.7 Å². The van der Waals surface area contributed by atoms with Gasteiger partial charge in [0.05, 0.1) is 18.8 Å². The van der Waals surface area contributed by atoms with Crippen molar-refractivity contribution in [1.82, 2.24) is 0 Å². The molecule has 1 aliphatic rings. The van der Waals surface area contributed by atoms with E-state index in [1.165, 1.54) is 0 Å². The van der Waals surface area contributed by atoms with Crippen LogP contribution in [0.4, 0.5) is 0 Å². The quantitative estimate of drug-likeness (QED) is 0.733. The Morgan fingerprint density at radius 3 is 2.14 bits per heavy atom. The molecule has 0 radical (unpaired) electrons. The number of aliphatic hydroxyl groups excluding tert-OH is 1. The van der Waals surface area contributed by atoms with Gasteiger partial charge in [0.1, 0.15) is 0 Å². The van der Waals surface area contributed by atoms with Gasteiger partial charge in [0.2, 0.25) is 0 Å². The maximum absolute atomic E-state index is 12.1. The van der Waals surface area contributed by atoms with Crippen LogP contribution in [0.2, 0.25) is 0 Å². The Kier molecular flexibility index (Phi) is 6.88. The van der Waals surface area contributed by atoms with Crippen molar-refractivity contribution in [2.24, 2.45) is 29.6 Å². The van der Waals surface area contributed by atoms with Gasteiger partial charge < -0.3 is 10.00 Å². The molecule has 5 nitrogen and oxygen atoms in total. The van der Waals surface area contributed by atoms with Crippen LogP contribution in [0.3, 0.4) is 0 Å². The zero-order valence-electron chi connectivity index (χ0n) is 14.0. The largest absolute Gasteiger partial charge is 0.472 e. The smallest absolute Gasteiger partial charge is 0.390 e. The lowest BCUT2D eigenvalue weighted by Crippen LogP contribution is -2.50. The summed E-state index contributed by atoms with van der Waals surface area (Å²) in [5, 5.41) is 10.4. The lowest BCUT2D eigenvalue weighted by molar-refractivity contribution is -0.107. The molecule has 8 atom stereocenters. The molecule has 0 saturated heterocycles. The van der Waals surface area contributed by atoms with E-state index in [9.17, 15) is 14.6 Å². The van der Waals surface area contributed by atoms with Crippen molar-refractivity contribution in [2.45, 2.75) is 60.2 Å². The molecule has 126 valence electrons. The van der Waals surface area contributed by atoms with Crippen LogP contribution in [0.25, 0.3) is 0 Å². The lowest BCUT2D eigenvalue weighted by atomic mass is 9.66. The molecule has 0 aromatic carbocycles. The van der Waals surface area contributed by atoms with Crippen molar-refractivity contribution >= 4 is 7.82 Å². The van der Waals surface area contributed by atoms with Gasteiger partial charge in [-0.05, 0) is 29.6 Å². The van der Waals surface area contributed by atoms with E-state index in [4.69, 9.17) is 9.05 Å². The van der Waals surface area contributed by atoms with Gasteiger partial charge in [0, 0.05) is 0 Å². The van der Waals surface area contributed by atoms with Gasteiger partial charge >= 0.3 is 7.82 Å². The topological polar surface area (TPSA) is 76.0 Å². The molecule has 1 aliphatic carbocycles. The Hall–Kier alpha value is 0.0700. The normalized spacial score (nSPS) is 41.5. The molecular weight excluding hydrogens is 291 g/mol. The zero-order chi connectivity index (χ0) is 16.4. The van der Waals surface area contributed by atoms with Crippen molar-refractivity contribution < 1.29 is 23.6 Å². The van der Waals surface area contributed by atoms with Gasteiger partial charge in [-0.25, -0.2) is 4.57 Å². The molecule has 6 heteroatoms. The molecule has 0 spiro atoms. The molecule has 0 aromatic heterocycles. The fraction of sp³-hybridized carbons (Fsp3) is 1.00. The maximum atomic E-state index is 12.1. The minimum Gasteiger partial charge on any atom is -0.390 e. The van der Waals surface area contributed by atoms with E-state index in [2.05, 4.69) is 13.8 Å². The maximum Gasteiger partial charge on any atom is 0.472 e. The molecule has 1 saturated carbocycles. The minimum atomic E-state index is -4.14. The molecule has 1 rings (SSSR count). The third-order valence-electron chi connectivity index (χ3n) is 5.36. The number of rotatable bonds is 6. The molecule has 0 aromatic rings. The fourth-order valence-corrected chi connectivity index (χ4v) is 3.99. The summed E-state index contributed by atoms with van der Waals surface area (Å²) < 4.78 is 22.5. The van der Waals surface area contributed by atoms with Gasteiger partial charge in [-0.1, -0.05) is 48.0 Å². The SMILES string of the molecule is CCC(C)COP(=O)(O)OC1C(C)C(C)C(C)C(C)C1O. The molecule has 1 fully saturated rings. The number of phosphoric ester groups is 1. The predicted molar refractivity (Wildman–Crippen MR) is 82.8 cm³/mol. The number of hydrogen-bond donors (Lipinski definition) is 2. The summed E-state index contributed by atoms with van der Waals surface area (Å²) in [6, 6.07) is 0. The van der Waals surface area contributed by atoms with Gasteiger partial charge in [0.15, 0.2) is 0 Å². The molecule has 0 amide bonds. The zero-order valence-corrected chi connectivity index (χ0v) is 14.9. The Bertz CT molecular complexity index is 359. The van der Waals surface area contributed by atoms with Crippen LogP contribution < -0.4 is 0 Å². The Morgan fingerprint density at radius 2 is 1.62 bits per heavy atom. The average Bonchev–Trinajstić information content (AvgIpc) is 2.45. The Morgan fingerprint density at radius 1 is 1.10 bits per heavy atom. The van der Waals surface area contributed by atoms with Crippen molar-refractivity contribution in [3.05, 3.63) is 0 Å². The van der Waals surface area contributed by atoms with Crippen molar-refractivity contribution in [1.29, 1.82) is 0 Å². The molecular formula is C15H31O5P. The number of aliphatic hydroxyl groups is 1. The second-order valence-electron chi connectivity index (χ2n) is 6.77. The van der Waals surface area contributed by atoms with Crippen LogP contribution in [0, 0.1) is 29.6 Å². The minimum absolute atomic E-state index is 0.00104. The van der Waals surface area contributed by atoms with Crippen molar-refractivity contribution in [3.8, 4) is 0 Å². The number of phosphoric acid groups is 1. The summed E-state index contributed by atoms with van der Waals surface area (Å²) in [5.74, 6) is 0.868. The second-order valence-corrected chi connectivity index (χ2v) is 8.18. The van der Waals surface area contributed by atoms with E-state index in [1.54, 1.807) is 0 Å². The van der Waals surface area contributed by atoms with E-state index in [-0.39, 0.29) is 24.4 Å². The van der Waals surface area contributed by atoms with Crippen LogP contribution in [0.15, 0.2) is 0 Å². The third kappa shape index (κ3) is 4.77. The first-order valence-corrected chi connectivity index (χ1v) is 9.44. The molecule has 21 heavy (non-hydrogen) atoms. The monoisotopic (exact) mass is 322 g/mol. The summed E-state index contributed by atoms with van der Waals surface area (Å²) in [7, 11) is -4.14. The van der Waals surface area contributed by atoms with Crippen LogP contribution in [0.1, 0.15) is 48.0 Å². The highest BCUT2D eigenvalue weighted by Gasteiger charge is 2.46. The Labute approximate surface area is 128 Å². The Balaban J connectivity index is 2.72. The highest BCUT2D eigenvalue weighted by atomic mass is 31.2. The second kappa shape index (κ2) is 7.56. The summed E-state index contributed by atoms with van der Waals surface area (Å²) >= 11 is 0. The van der Waals surface area contributed by atoms with E-state index < -0.39 is 20.0 Å². The van der Waals surface area contributed by atoms with Crippen molar-refractivity contribution in [3.63, 3.8) is 0 Å². The molecule has 0 bridgehead atoms. The van der Waals surface area contributed by atoms with E-state index in [0.29, 0.717) is 11.8 Å². The average molecular weight is 322 g/mol. The fourth-order valence-electron chi connectivity index (χ4n) is 2.86. The van der Waals surface area contributed by atoms with Crippen LogP contribution >= 0.6 is 7.82 Å². The first-order chi connectivity index (χ1) is 9.60. The van der Waals surface area contributed by atoms with Crippen LogP contribution in [0.5, 0.6) is 0 Å². The third-order valence-corrected chi connectivity index (χ3v) is 6.34. The van der Waals surface area contributed by atoms with Gasteiger partial charge in [-0.3, -0.25) is 9.05 Å². The van der Waals surface area contributed by atoms with Crippen molar-refractivity contribution in [2.75, 3.05) is 6.61 Å². The van der Waals surface area contributed by atoms with Gasteiger partial charge in [0.25, 0.3) is 0 Å². The highest BCUT2D eigenvalue weighted by molar-refractivity contribution is 7.47. The molecule has 2 N–H and O–H groups in total. The predicted octanol–water partition coefficient (Wildman–Crippen LogP) is 3.45. The molecule has 0 aliphatic heterocycles. The van der Waals surface area contributed by atoms with Crippen LogP contribution in [-0.4, -0.2) is 28.8 Å².